The lowest BCUT2D eigenvalue weighted by atomic mass is 10.0. The van der Waals surface area contributed by atoms with Crippen LogP contribution in [0.2, 0.25) is 0 Å². The van der Waals surface area contributed by atoms with Crippen molar-refractivity contribution in [3.8, 4) is 23.2 Å². The molecule has 0 aliphatic rings. The van der Waals surface area contributed by atoms with Crippen molar-refractivity contribution in [2.45, 2.75) is 26.5 Å². The van der Waals surface area contributed by atoms with E-state index in [1.165, 1.54) is 24.3 Å². The van der Waals surface area contributed by atoms with Crippen LogP contribution in [0.25, 0.3) is 22.3 Å². The zero-order chi connectivity index (χ0) is 31.2. The van der Waals surface area contributed by atoms with Crippen molar-refractivity contribution in [1.82, 2.24) is 14.5 Å². The topological polar surface area (TPSA) is 99.3 Å². The van der Waals surface area contributed by atoms with Crippen molar-refractivity contribution in [1.29, 1.82) is 5.26 Å². The number of methoxy groups -OCH3 is 1. The van der Waals surface area contributed by atoms with E-state index in [0.29, 0.717) is 35.6 Å². The van der Waals surface area contributed by atoms with Gasteiger partial charge < -0.3 is 18.8 Å². The van der Waals surface area contributed by atoms with E-state index < -0.39 is 23.4 Å². The Bertz CT molecular complexity index is 1880. The van der Waals surface area contributed by atoms with Gasteiger partial charge in [-0.25, -0.2) is 27.9 Å². The van der Waals surface area contributed by atoms with Crippen molar-refractivity contribution >= 4 is 17.0 Å². The molecule has 5 aromatic rings. The van der Waals surface area contributed by atoms with Gasteiger partial charge in [0.15, 0.2) is 0 Å². The molecule has 0 bridgehead atoms. The van der Waals surface area contributed by atoms with Crippen LogP contribution in [0.15, 0.2) is 66.7 Å². The van der Waals surface area contributed by atoms with E-state index in [9.17, 15) is 9.18 Å². The summed E-state index contributed by atoms with van der Waals surface area (Å²) in [5.74, 6) is -1.88. The van der Waals surface area contributed by atoms with Crippen LogP contribution in [0.1, 0.15) is 39.8 Å². The SMILES string of the molecule is CCOC(=O)c1ccc2nc(Cc3cc(F)c(-c4cccc(OCc5ccc(C#N)cc5F)n4)cc3F)n(CCOC)c2c1. The number of rotatable bonds is 11. The Labute approximate surface area is 251 Å². The lowest BCUT2D eigenvalue weighted by molar-refractivity contribution is 0.0526. The van der Waals surface area contributed by atoms with Crippen LogP contribution in [0, 0.1) is 28.8 Å². The molecule has 0 saturated heterocycles. The number of nitriles is 1. The summed E-state index contributed by atoms with van der Waals surface area (Å²) in [6, 6.07) is 17.6. The van der Waals surface area contributed by atoms with Crippen molar-refractivity contribution < 1.29 is 32.2 Å². The van der Waals surface area contributed by atoms with Gasteiger partial charge in [-0.15, -0.1) is 0 Å². The van der Waals surface area contributed by atoms with E-state index in [1.807, 2.05) is 10.6 Å². The lowest BCUT2D eigenvalue weighted by Crippen LogP contribution is -2.10. The number of ether oxygens (including phenoxy) is 3. The summed E-state index contributed by atoms with van der Waals surface area (Å²) >= 11 is 0. The van der Waals surface area contributed by atoms with E-state index in [4.69, 9.17) is 19.5 Å². The molecule has 11 heteroatoms. The maximum atomic E-state index is 15.5. The largest absolute Gasteiger partial charge is 0.473 e. The lowest BCUT2D eigenvalue weighted by Gasteiger charge is -2.12. The van der Waals surface area contributed by atoms with Crippen molar-refractivity contribution in [3.63, 3.8) is 0 Å². The number of imidazole rings is 1. The third-order valence-corrected chi connectivity index (χ3v) is 6.90. The molecule has 2 heterocycles. The number of nitrogens with zero attached hydrogens (tertiary/aromatic N) is 4. The Morgan fingerprint density at radius 2 is 1.77 bits per heavy atom. The molecule has 44 heavy (non-hydrogen) atoms. The molecule has 2 aromatic heterocycles. The van der Waals surface area contributed by atoms with Crippen LogP contribution in [0.5, 0.6) is 5.88 Å². The minimum absolute atomic E-state index is 0.0249. The zero-order valence-electron chi connectivity index (χ0n) is 23.9. The second kappa shape index (κ2) is 13.4. The number of benzene rings is 3. The molecule has 0 spiro atoms. The summed E-state index contributed by atoms with van der Waals surface area (Å²) in [7, 11) is 1.55. The van der Waals surface area contributed by atoms with Gasteiger partial charge in [0.25, 0.3) is 0 Å². The summed E-state index contributed by atoms with van der Waals surface area (Å²) in [5, 5.41) is 8.91. The Balaban J connectivity index is 1.40. The van der Waals surface area contributed by atoms with E-state index >= 15 is 8.78 Å². The highest BCUT2D eigenvalue weighted by Gasteiger charge is 2.19. The Morgan fingerprint density at radius 1 is 0.955 bits per heavy atom. The molecule has 3 aromatic carbocycles. The van der Waals surface area contributed by atoms with E-state index in [2.05, 4.69) is 9.97 Å². The normalized spacial score (nSPS) is 11.0. The number of hydrogen-bond donors (Lipinski definition) is 0. The predicted octanol–water partition coefficient (Wildman–Crippen LogP) is 6.38. The first kappa shape index (κ1) is 30.3. The Kier molecular flexibility index (Phi) is 9.21. The number of aromatic nitrogens is 3. The van der Waals surface area contributed by atoms with E-state index in [0.717, 1.165) is 18.2 Å². The average Bonchev–Trinajstić information content (AvgIpc) is 3.37. The highest BCUT2D eigenvalue weighted by atomic mass is 19.1. The van der Waals surface area contributed by atoms with Gasteiger partial charge in [-0.3, -0.25) is 0 Å². The van der Waals surface area contributed by atoms with Gasteiger partial charge in [-0.1, -0.05) is 12.1 Å². The predicted molar refractivity (Wildman–Crippen MR) is 155 cm³/mol. The molecule has 0 saturated carbocycles. The molecule has 224 valence electrons. The quantitative estimate of drug-likeness (QED) is 0.162. The smallest absolute Gasteiger partial charge is 0.338 e. The number of carbonyl (C=O) groups is 1. The Hall–Kier alpha value is -5.21. The molecule has 0 aliphatic heterocycles. The number of halogens is 3. The number of esters is 1. The fraction of sp³-hybridized carbons (Fsp3) is 0.212. The molecule has 0 aliphatic carbocycles. The van der Waals surface area contributed by atoms with Gasteiger partial charge in [-0.05, 0) is 61.0 Å². The van der Waals surface area contributed by atoms with Crippen LogP contribution in [0.3, 0.4) is 0 Å². The molecular formula is C33H27F3N4O4. The molecule has 0 atom stereocenters. The fourth-order valence-corrected chi connectivity index (χ4v) is 4.70. The first-order valence-corrected chi connectivity index (χ1v) is 13.7. The summed E-state index contributed by atoms with van der Waals surface area (Å²) in [4.78, 5) is 21.2. The second-order valence-electron chi connectivity index (χ2n) is 9.76. The molecular weight excluding hydrogens is 573 g/mol. The first-order chi connectivity index (χ1) is 21.3. The maximum absolute atomic E-state index is 15.5. The van der Waals surface area contributed by atoms with Crippen molar-refractivity contribution in [3.05, 3.63) is 112 Å². The highest BCUT2D eigenvalue weighted by molar-refractivity contribution is 5.93. The van der Waals surface area contributed by atoms with Crippen LogP contribution in [-0.4, -0.2) is 40.8 Å². The highest BCUT2D eigenvalue weighted by Crippen LogP contribution is 2.28. The standard InChI is InChI=1S/C33H27F3N4O4/c1-3-43-33(41)21-9-10-29-30(15-21)40(11-12-42-2)31(38-29)16-23-14-27(36)24(17-26(23)35)28-5-4-6-32(39-28)44-19-22-8-7-20(18-37)13-25(22)34/h4-10,13-15,17H,3,11-12,16,19H2,1-2H3. The molecule has 0 N–H and O–H groups in total. The molecule has 8 nitrogen and oxygen atoms in total. The molecule has 5 rings (SSSR count). The minimum Gasteiger partial charge on any atom is -0.473 e. The summed E-state index contributed by atoms with van der Waals surface area (Å²) in [6.07, 6.45) is -0.0249. The molecule has 0 radical (unpaired) electrons. The second-order valence-corrected chi connectivity index (χ2v) is 9.76. The van der Waals surface area contributed by atoms with E-state index in [1.54, 1.807) is 38.3 Å². The van der Waals surface area contributed by atoms with Crippen molar-refractivity contribution in [2.75, 3.05) is 20.3 Å². The van der Waals surface area contributed by atoms with Gasteiger partial charge in [0, 0.05) is 37.3 Å². The number of hydrogen-bond acceptors (Lipinski definition) is 7. The van der Waals surface area contributed by atoms with Gasteiger partial charge >= 0.3 is 5.97 Å². The summed E-state index contributed by atoms with van der Waals surface area (Å²) in [6.45, 7) is 2.49. The van der Waals surface area contributed by atoms with Gasteiger partial charge in [0.2, 0.25) is 5.88 Å². The summed E-state index contributed by atoms with van der Waals surface area (Å²) < 4.78 is 62.9. The average molecular weight is 601 g/mol. The third kappa shape index (κ3) is 6.55. The minimum atomic E-state index is -0.701. The monoisotopic (exact) mass is 600 g/mol. The fourth-order valence-electron chi connectivity index (χ4n) is 4.70. The number of pyridine rings is 1. The van der Waals surface area contributed by atoms with Crippen LogP contribution in [0.4, 0.5) is 13.2 Å². The van der Waals surface area contributed by atoms with Crippen LogP contribution >= 0.6 is 0 Å². The molecule has 0 amide bonds. The third-order valence-electron chi connectivity index (χ3n) is 6.90. The van der Waals surface area contributed by atoms with Gasteiger partial charge in [0.1, 0.15) is 29.9 Å². The molecule has 0 fully saturated rings. The number of fused-ring (bicyclic) bond motifs is 1. The van der Waals surface area contributed by atoms with E-state index in [-0.39, 0.29) is 53.5 Å². The Morgan fingerprint density at radius 3 is 2.52 bits per heavy atom. The first-order valence-electron chi connectivity index (χ1n) is 13.7. The zero-order valence-corrected chi connectivity index (χ0v) is 23.9. The maximum Gasteiger partial charge on any atom is 0.338 e. The van der Waals surface area contributed by atoms with Crippen LogP contribution in [-0.2, 0) is 29.0 Å². The van der Waals surface area contributed by atoms with Crippen LogP contribution < -0.4 is 4.74 Å². The van der Waals surface area contributed by atoms with Crippen molar-refractivity contribution in [2.24, 2.45) is 0 Å². The van der Waals surface area contributed by atoms with Gasteiger partial charge in [-0.2, -0.15) is 5.26 Å². The number of carbonyl (C=O) groups excluding carboxylic acids is 1. The van der Waals surface area contributed by atoms with Gasteiger partial charge in [0.05, 0.1) is 47.1 Å². The summed E-state index contributed by atoms with van der Waals surface area (Å²) in [5.41, 5.74) is 2.11. The molecule has 0 unspecified atom stereocenters.